The Morgan fingerprint density at radius 2 is 1.93 bits per heavy atom. The number of aromatic nitrogens is 4. The van der Waals surface area contributed by atoms with Gasteiger partial charge in [0.15, 0.2) is 10.8 Å². The zero-order chi connectivity index (χ0) is 29.3. The van der Waals surface area contributed by atoms with E-state index in [9.17, 15) is 13.2 Å². The van der Waals surface area contributed by atoms with E-state index in [1.165, 1.54) is 31.7 Å². The van der Waals surface area contributed by atoms with Crippen LogP contribution in [0.1, 0.15) is 68.6 Å². The van der Waals surface area contributed by atoms with E-state index in [1.54, 1.807) is 35.1 Å². The van der Waals surface area contributed by atoms with E-state index in [4.69, 9.17) is 9.72 Å². The molecule has 6 rings (SSSR count). The molecular formula is C29H36IN7O4S. The molecule has 0 spiro atoms. The second-order valence-electron chi connectivity index (χ2n) is 11.6. The molecule has 4 bridgehead atoms. The van der Waals surface area contributed by atoms with Crippen LogP contribution >= 0.6 is 22.6 Å². The minimum atomic E-state index is -4.22. The maximum Gasteiger partial charge on any atom is 0.281 e. The van der Waals surface area contributed by atoms with Gasteiger partial charge in [0.2, 0.25) is 5.88 Å². The van der Waals surface area contributed by atoms with Gasteiger partial charge in [-0.15, -0.1) is 5.10 Å². The van der Waals surface area contributed by atoms with Crippen LogP contribution in [0.15, 0.2) is 47.6 Å². The van der Waals surface area contributed by atoms with Crippen molar-refractivity contribution in [3.63, 3.8) is 0 Å². The van der Waals surface area contributed by atoms with Crippen LogP contribution < -0.4 is 19.7 Å². The molecule has 0 radical (unpaired) electrons. The van der Waals surface area contributed by atoms with Crippen LogP contribution in [0.25, 0.3) is 5.82 Å². The van der Waals surface area contributed by atoms with Crippen LogP contribution in [-0.4, -0.2) is 57.3 Å². The molecule has 3 aromatic heterocycles. The highest BCUT2D eigenvalue weighted by Gasteiger charge is 2.42. The van der Waals surface area contributed by atoms with Crippen molar-refractivity contribution in [3.05, 3.63) is 48.2 Å². The van der Waals surface area contributed by atoms with Gasteiger partial charge in [0.1, 0.15) is 11.6 Å². The molecule has 1 amide bonds. The van der Waals surface area contributed by atoms with E-state index in [1.807, 2.05) is 6.07 Å². The number of pyridine rings is 2. The van der Waals surface area contributed by atoms with Crippen LogP contribution in [0.2, 0.25) is 0 Å². The van der Waals surface area contributed by atoms with Gasteiger partial charge in [0.25, 0.3) is 15.9 Å². The van der Waals surface area contributed by atoms with Crippen molar-refractivity contribution in [3.8, 4) is 11.7 Å². The molecule has 3 aliphatic rings. The minimum Gasteiger partial charge on any atom is -0.477 e. The number of sulfonamides is 1. The highest BCUT2D eigenvalue weighted by molar-refractivity contribution is 14.1. The summed E-state index contributed by atoms with van der Waals surface area (Å²) >= 11 is 2.42. The number of carbonyl (C=O) groups excluding carboxylic acids is 1. The third-order valence-corrected chi connectivity index (χ3v) is 10.7. The summed E-state index contributed by atoms with van der Waals surface area (Å²) in [6, 6.07) is 9.82. The molecule has 1 aliphatic carbocycles. The van der Waals surface area contributed by atoms with Gasteiger partial charge < -0.3 is 15.0 Å². The van der Waals surface area contributed by atoms with Crippen molar-refractivity contribution in [2.75, 3.05) is 29.9 Å². The number of amides is 1. The van der Waals surface area contributed by atoms with Crippen molar-refractivity contribution < 1.29 is 17.9 Å². The molecule has 2 aliphatic heterocycles. The Kier molecular flexibility index (Phi) is 8.31. The number of nitrogens with zero attached hydrogens (tertiary/aromatic N) is 5. The number of rotatable bonds is 5. The lowest BCUT2D eigenvalue weighted by atomic mass is 10.0. The molecule has 11 nitrogen and oxygen atoms in total. The zero-order valence-electron chi connectivity index (χ0n) is 23.6. The van der Waals surface area contributed by atoms with E-state index in [-0.39, 0.29) is 14.1 Å². The Morgan fingerprint density at radius 1 is 1.10 bits per heavy atom. The Hall–Kier alpha value is -2.94. The number of anilines is 2. The molecule has 1 saturated heterocycles. The van der Waals surface area contributed by atoms with Gasteiger partial charge in [-0.2, -0.15) is 8.42 Å². The summed E-state index contributed by atoms with van der Waals surface area (Å²) < 4.78 is 35.8. The zero-order valence-corrected chi connectivity index (χ0v) is 26.6. The van der Waals surface area contributed by atoms with Gasteiger partial charge in [0.05, 0.1) is 15.7 Å². The van der Waals surface area contributed by atoms with Crippen LogP contribution in [0.4, 0.5) is 11.6 Å². The molecule has 2 fully saturated rings. The number of halogens is 1. The van der Waals surface area contributed by atoms with Gasteiger partial charge in [-0.05, 0) is 68.7 Å². The van der Waals surface area contributed by atoms with Crippen molar-refractivity contribution in [1.29, 1.82) is 0 Å². The molecule has 3 aromatic rings. The normalized spacial score (nSPS) is 24.3. The largest absolute Gasteiger partial charge is 0.477 e. The Labute approximate surface area is 260 Å². The molecule has 1 saturated carbocycles. The van der Waals surface area contributed by atoms with E-state index in [2.05, 4.69) is 54.5 Å². The van der Waals surface area contributed by atoms with Crippen molar-refractivity contribution >= 4 is 50.2 Å². The highest BCUT2D eigenvalue weighted by Crippen LogP contribution is 2.44. The molecule has 13 heteroatoms. The first-order valence-electron chi connectivity index (χ1n) is 14.6. The van der Waals surface area contributed by atoms with Crippen molar-refractivity contribution in [2.24, 2.45) is 11.8 Å². The average molecular weight is 706 g/mol. The predicted octanol–water partition coefficient (Wildman–Crippen LogP) is 4.92. The third-order valence-electron chi connectivity index (χ3n) is 8.40. The minimum absolute atomic E-state index is 0.176. The fraction of sp³-hybridized carbons (Fsp3) is 0.517. The van der Waals surface area contributed by atoms with E-state index in [0.29, 0.717) is 48.9 Å². The van der Waals surface area contributed by atoms with E-state index in [0.717, 1.165) is 31.6 Å². The molecule has 0 aromatic carbocycles. The fourth-order valence-electron chi connectivity index (χ4n) is 6.24. The lowest BCUT2D eigenvalue weighted by molar-refractivity contribution is 0.0981. The maximum atomic E-state index is 13.6. The number of hydrogen-bond acceptors (Lipinski definition) is 9. The quantitative estimate of drug-likeness (QED) is 0.216. The average Bonchev–Trinajstić information content (AvgIpc) is 3.71. The Morgan fingerprint density at radius 3 is 2.76 bits per heavy atom. The summed E-state index contributed by atoms with van der Waals surface area (Å²) in [6.45, 7) is 4.12. The van der Waals surface area contributed by atoms with Gasteiger partial charge in [-0.3, -0.25) is 4.79 Å². The van der Waals surface area contributed by atoms with Crippen molar-refractivity contribution in [2.45, 2.75) is 66.9 Å². The van der Waals surface area contributed by atoms with Crippen LogP contribution in [0.5, 0.6) is 5.88 Å². The van der Waals surface area contributed by atoms with Gasteiger partial charge in [0, 0.05) is 25.4 Å². The number of carbonyl (C=O) groups is 1. The molecule has 2 N–H and O–H groups in total. The number of fused-ring (bicyclic) bond motifs is 6. The third kappa shape index (κ3) is 6.36. The Balaban J connectivity index is 1.32. The highest BCUT2D eigenvalue weighted by atomic mass is 127. The summed E-state index contributed by atoms with van der Waals surface area (Å²) in [6.07, 6.45) is 10.8. The Bertz CT molecular complexity index is 1550. The van der Waals surface area contributed by atoms with Crippen LogP contribution in [0, 0.1) is 11.8 Å². The monoisotopic (exact) mass is 705 g/mol. The SMILES string of the molecule is CC1(I)C[C@@H]2CCCNc3cccc(n3)S(=O)(=O)NC(=O)c3ccc(-n4ccc(OCCC5CCCC5)n4)nc3N1C2. The van der Waals surface area contributed by atoms with Gasteiger partial charge in [-0.1, -0.05) is 54.3 Å². The topological polar surface area (TPSA) is 131 Å². The molecule has 224 valence electrons. The summed E-state index contributed by atoms with van der Waals surface area (Å²) in [7, 11) is -4.22. The summed E-state index contributed by atoms with van der Waals surface area (Å²) in [5.41, 5.74) is 0.176. The number of hydrogen-bond donors (Lipinski definition) is 2. The first-order chi connectivity index (χ1) is 20.2. The van der Waals surface area contributed by atoms with Crippen LogP contribution in [-0.2, 0) is 10.0 Å². The first-order valence-corrected chi connectivity index (χ1v) is 17.2. The first kappa shape index (κ1) is 29.1. The van der Waals surface area contributed by atoms with Crippen molar-refractivity contribution in [1.82, 2.24) is 24.5 Å². The lowest BCUT2D eigenvalue weighted by Crippen LogP contribution is -2.39. The number of nitrogens with one attached hydrogen (secondary N) is 2. The molecule has 42 heavy (non-hydrogen) atoms. The number of ether oxygens (including phenoxy) is 1. The smallest absolute Gasteiger partial charge is 0.281 e. The second kappa shape index (κ2) is 12.0. The predicted molar refractivity (Wildman–Crippen MR) is 168 cm³/mol. The second-order valence-corrected chi connectivity index (χ2v) is 15.6. The maximum absolute atomic E-state index is 13.6. The molecule has 2 atom stereocenters. The van der Waals surface area contributed by atoms with Gasteiger partial charge >= 0.3 is 0 Å². The summed E-state index contributed by atoms with van der Waals surface area (Å²) in [4.78, 5) is 24.8. The summed E-state index contributed by atoms with van der Waals surface area (Å²) in [5.74, 6) is 2.28. The van der Waals surface area contributed by atoms with E-state index < -0.39 is 15.9 Å². The molecule has 5 heterocycles. The van der Waals surface area contributed by atoms with Crippen LogP contribution in [0.3, 0.4) is 0 Å². The fourth-order valence-corrected chi connectivity index (χ4v) is 8.22. The molecular weight excluding hydrogens is 669 g/mol. The van der Waals surface area contributed by atoms with Gasteiger partial charge in [-0.25, -0.2) is 19.4 Å². The lowest BCUT2D eigenvalue weighted by Gasteiger charge is -2.32. The number of alkyl halides is 1. The van der Waals surface area contributed by atoms with E-state index >= 15 is 0 Å². The summed E-state index contributed by atoms with van der Waals surface area (Å²) in [5, 5.41) is 7.58. The molecule has 1 unspecified atom stereocenters. The standard InChI is InChI=1S/C29H36IN7O4S/c1-29(30)18-21-8-5-15-31-23-9-4-10-26(32-23)42(39,40)35-28(38)22-11-12-24(33-27(22)36(29)19-21)37-16-13-25(34-37)41-17-14-20-6-2-3-7-20/h4,9-13,16,20-21H,2-3,5-8,14-15,17-19H2,1H3,(H,31,32)(H,35,38)/t21-,29?/m0/s1.